The summed E-state index contributed by atoms with van der Waals surface area (Å²) < 4.78 is 5.55. The third-order valence-corrected chi connectivity index (χ3v) is 5.03. The second kappa shape index (κ2) is 5.70. The van der Waals surface area contributed by atoms with Crippen LogP contribution in [0.5, 0.6) is 0 Å². The summed E-state index contributed by atoms with van der Waals surface area (Å²) in [5.74, 6) is 1.50. The molecule has 0 radical (unpaired) electrons. The van der Waals surface area contributed by atoms with E-state index in [-0.39, 0.29) is 16.8 Å². The zero-order chi connectivity index (χ0) is 13.2. The fraction of sp³-hybridized carbons (Fsp3) is 0.923. The Hall–Kier alpha value is -0.420. The molecule has 104 valence electrons. The van der Waals surface area contributed by atoms with Crippen molar-refractivity contribution >= 4 is 17.8 Å². The quantitative estimate of drug-likeness (QED) is 0.835. The first-order chi connectivity index (χ1) is 8.48. The average molecular weight is 272 g/mol. The number of ether oxygens (including phenoxy) is 1. The lowest BCUT2D eigenvalue weighted by molar-refractivity contribution is 0.170. The molecule has 1 N–H and O–H groups in total. The molecular formula is C13H24N2O2S. The van der Waals surface area contributed by atoms with E-state index in [2.05, 4.69) is 26.1 Å². The second-order valence-corrected chi connectivity index (χ2v) is 7.69. The SMILES string of the molecule is CC(NC(=O)N1CCSC(C)(C)C1)C1CCOC1. The molecule has 2 rings (SSSR count). The molecule has 2 amide bonds. The van der Waals surface area contributed by atoms with Crippen LogP contribution < -0.4 is 5.32 Å². The van der Waals surface area contributed by atoms with Crippen LogP contribution in [0, 0.1) is 5.92 Å². The number of thioether (sulfide) groups is 1. The highest BCUT2D eigenvalue weighted by atomic mass is 32.2. The van der Waals surface area contributed by atoms with Crippen LogP contribution in [0.4, 0.5) is 4.79 Å². The fourth-order valence-corrected chi connectivity index (χ4v) is 3.65. The van der Waals surface area contributed by atoms with E-state index in [1.807, 2.05) is 16.7 Å². The standard InChI is InChI=1S/C13H24N2O2S/c1-10(11-4-6-17-8-11)14-12(16)15-5-7-18-13(2,3)9-15/h10-11H,4-9H2,1-3H3,(H,14,16). The minimum Gasteiger partial charge on any atom is -0.381 e. The molecular weight excluding hydrogens is 248 g/mol. The number of hydrogen-bond acceptors (Lipinski definition) is 3. The smallest absolute Gasteiger partial charge is 0.317 e. The highest BCUT2D eigenvalue weighted by molar-refractivity contribution is 8.00. The third-order valence-electron chi connectivity index (χ3n) is 3.74. The zero-order valence-electron chi connectivity index (χ0n) is 11.6. The molecule has 0 bridgehead atoms. The van der Waals surface area contributed by atoms with E-state index in [1.54, 1.807) is 0 Å². The summed E-state index contributed by atoms with van der Waals surface area (Å²) >= 11 is 1.94. The lowest BCUT2D eigenvalue weighted by Crippen LogP contribution is -2.52. The van der Waals surface area contributed by atoms with Crippen molar-refractivity contribution in [1.82, 2.24) is 10.2 Å². The minimum atomic E-state index is 0.0859. The monoisotopic (exact) mass is 272 g/mol. The molecule has 0 aromatic heterocycles. The van der Waals surface area contributed by atoms with Crippen LogP contribution in [-0.4, -0.2) is 53.8 Å². The first-order valence-electron chi connectivity index (χ1n) is 6.75. The van der Waals surface area contributed by atoms with Crippen LogP contribution in [-0.2, 0) is 4.74 Å². The van der Waals surface area contributed by atoms with Gasteiger partial charge in [-0.2, -0.15) is 11.8 Å². The lowest BCUT2D eigenvalue weighted by atomic mass is 10.0. The van der Waals surface area contributed by atoms with Crippen molar-refractivity contribution in [2.24, 2.45) is 5.92 Å². The maximum atomic E-state index is 12.2. The number of rotatable bonds is 2. The molecule has 2 atom stereocenters. The van der Waals surface area contributed by atoms with Crippen molar-refractivity contribution in [2.45, 2.75) is 38.0 Å². The van der Waals surface area contributed by atoms with Crippen molar-refractivity contribution in [3.05, 3.63) is 0 Å². The maximum Gasteiger partial charge on any atom is 0.317 e. The van der Waals surface area contributed by atoms with Gasteiger partial charge in [0.2, 0.25) is 0 Å². The maximum absolute atomic E-state index is 12.2. The molecule has 0 aromatic rings. The summed E-state index contributed by atoms with van der Waals surface area (Å²) in [6.07, 6.45) is 1.06. The van der Waals surface area contributed by atoms with Crippen molar-refractivity contribution in [2.75, 3.05) is 32.1 Å². The molecule has 0 aliphatic carbocycles. The van der Waals surface area contributed by atoms with Gasteiger partial charge in [0.15, 0.2) is 0 Å². The van der Waals surface area contributed by atoms with Crippen molar-refractivity contribution in [1.29, 1.82) is 0 Å². The second-order valence-electron chi connectivity index (χ2n) is 5.89. The topological polar surface area (TPSA) is 41.6 Å². The highest BCUT2D eigenvalue weighted by Crippen LogP contribution is 2.29. The Kier molecular flexibility index (Phi) is 4.43. The Morgan fingerprint density at radius 2 is 2.33 bits per heavy atom. The Labute approximate surface area is 114 Å². The number of hydrogen-bond donors (Lipinski definition) is 1. The van der Waals surface area contributed by atoms with Crippen LogP contribution in [0.3, 0.4) is 0 Å². The van der Waals surface area contributed by atoms with Gasteiger partial charge in [0, 0.05) is 42.2 Å². The van der Waals surface area contributed by atoms with E-state index in [9.17, 15) is 4.79 Å². The molecule has 4 nitrogen and oxygen atoms in total. The molecule has 2 unspecified atom stereocenters. The van der Waals surface area contributed by atoms with Crippen LogP contribution in [0.15, 0.2) is 0 Å². The molecule has 2 aliphatic heterocycles. The Balaban J connectivity index is 1.83. The molecule has 18 heavy (non-hydrogen) atoms. The van der Waals surface area contributed by atoms with Crippen LogP contribution >= 0.6 is 11.8 Å². The molecule has 0 spiro atoms. The highest BCUT2D eigenvalue weighted by Gasteiger charge is 2.31. The number of nitrogens with one attached hydrogen (secondary N) is 1. The van der Waals surface area contributed by atoms with Crippen molar-refractivity contribution < 1.29 is 9.53 Å². The van der Waals surface area contributed by atoms with Gasteiger partial charge in [-0.05, 0) is 27.2 Å². The number of urea groups is 1. The van der Waals surface area contributed by atoms with Crippen molar-refractivity contribution in [3.63, 3.8) is 0 Å². The largest absolute Gasteiger partial charge is 0.381 e. The van der Waals surface area contributed by atoms with E-state index in [0.717, 1.165) is 38.5 Å². The van der Waals surface area contributed by atoms with Crippen LogP contribution in [0.1, 0.15) is 27.2 Å². The van der Waals surface area contributed by atoms with Crippen LogP contribution in [0.25, 0.3) is 0 Å². The predicted octanol–water partition coefficient (Wildman–Crippen LogP) is 1.95. The number of amides is 2. The molecule has 5 heteroatoms. The Bertz CT molecular complexity index is 303. The van der Waals surface area contributed by atoms with Gasteiger partial charge in [0.25, 0.3) is 0 Å². The van der Waals surface area contributed by atoms with Gasteiger partial charge >= 0.3 is 6.03 Å². The predicted molar refractivity (Wildman–Crippen MR) is 75.0 cm³/mol. The van der Waals surface area contributed by atoms with Gasteiger partial charge in [-0.15, -0.1) is 0 Å². The van der Waals surface area contributed by atoms with E-state index in [1.165, 1.54) is 0 Å². The minimum absolute atomic E-state index is 0.0859. The van der Waals surface area contributed by atoms with Gasteiger partial charge in [0.05, 0.1) is 6.61 Å². The number of nitrogens with zero attached hydrogens (tertiary/aromatic N) is 1. The zero-order valence-corrected chi connectivity index (χ0v) is 12.4. The number of carbonyl (C=O) groups is 1. The first-order valence-corrected chi connectivity index (χ1v) is 7.74. The third kappa shape index (κ3) is 3.54. The first kappa shape index (κ1) is 14.0. The lowest BCUT2D eigenvalue weighted by Gasteiger charge is -2.38. The van der Waals surface area contributed by atoms with E-state index in [0.29, 0.717) is 5.92 Å². The molecule has 0 aromatic carbocycles. The fourth-order valence-electron chi connectivity index (χ4n) is 2.54. The van der Waals surface area contributed by atoms with E-state index >= 15 is 0 Å². The molecule has 2 aliphatic rings. The molecule has 2 fully saturated rings. The summed E-state index contributed by atoms with van der Waals surface area (Å²) in [6, 6.07) is 0.292. The van der Waals surface area contributed by atoms with Gasteiger partial charge in [-0.3, -0.25) is 0 Å². The average Bonchev–Trinajstić information content (AvgIpc) is 2.80. The molecule has 0 saturated carbocycles. The molecule has 2 heterocycles. The van der Waals surface area contributed by atoms with Crippen molar-refractivity contribution in [3.8, 4) is 0 Å². The Morgan fingerprint density at radius 1 is 1.56 bits per heavy atom. The van der Waals surface area contributed by atoms with Gasteiger partial charge < -0.3 is 15.0 Å². The summed E-state index contributed by atoms with van der Waals surface area (Å²) in [5, 5.41) is 3.13. The molecule has 2 saturated heterocycles. The van der Waals surface area contributed by atoms with E-state index in [4.69, 9.17) is 4.74 Å². The van der Waals surface area contributed by atoms with Gasteiger partial charge in [-0.25, -0.2) is 4.79 Å². The van der Waals surface area contributed by atoms with Gasteiger partial charge in [0.1, 0.15) is 0 Å². The summed E-state index contributed by atoms with van der Waals surface area (Å²) in [5.41, 5.74) is 0. The van der Waals surface area contributed by atoms with Gasteiger partial charge in [-0.1, -0.05) is 0 Å². The normalized spacial score (nSPS) is 29.1. The van der Waals surface area contributed by atoms with E-state index < -0.39 is 0 Å². The summed E-state index contributed by atoms with van der Waals surface area (Å²) in [4.78, 5) is 14.2. The summed E-state index contributed by atoms with van der Waals surface area (Å²) in [6.45, 7) is 9.78. The van der Waals surface area contributed by atoms with Crippen LogP contribution in [0.2, 0.25) is 0 Å². The summed E-state index contributed by atoms with van der Waals surface area (Å²) in [7, 11) is 0. The Morgan fingerprint density at radius 3 is 2.94 bits per heavy atom. The number of carbonyl (C=O) groups excluding carboxylic acids is 1.